The fraction of sp³-hybridized carbons (Fsp3) is 0.538. The Hall–Kier alpha value is -2.76. The molecule has 1 aromatic heterocycles. The topological polar surface area (TPSA) is 88.2 Å². The van der Waals surface area contributed by atoms with Crippen molar-refractivity contribution in [2.45, 2.75) is 84.7 Å². The van der Waals surface area contributed by atoms with Gasteiger partial charge in [-0.3, -0.25) is 19.4 Å². The number of nitrogens with zero attached hydrogens (tertiary/aromatic N) is 1. The summed E-state index contributed by atoms with van der Waals surface area (Å²) in [6.45, 7) is 6.39. The van der Waals surface area contributed by atoms with E-state index in [9.17, 15) is 14.4 Å². The van der Waals surface area contributed by atoms with Crippen molar-refractivity contribution in [1.82, 2.24) is 15.6 Å². The van der Waals surface area contributed by atoms with Gasteiger partial charge in [-0.1, -0.05) is 51.8 Å². The van der Waals surface area contributed by atoms with Crippen molar-refractivity contribution in [3.05, 3.63) is 42.1 Å². The van der Waals surface area contributed by atoms with Crippen molar-refractivity contribution in [3.8, 4) is 0 Å². The molecule has 6 heteroatoms. The molecule has 0 saturated carbocycles. The number of carbonyl (C=O) groups is 3. The Morgan fingerprint density at radius 1 is 1.00 bits per heavy atom. The van der Waals surface area contributed by atoms with Crippen LogP contribution in [0, 0.1) is 5.92 Å². The van der Waals surface area contributed by atoms with Crippen LogP contribution in [-0.2, 0) is 20.9 Å². The predicted molar refractivity (Wildman–Crippen MR) is 128 cm³/mol. The minimum atomic E-state index is -0.565. The predicted octanol–water partition coefficient (Wildman–Crippen LogP) is 4.70. The molecule has 1 aromatic carbocycles. The number of unbranched alkanes of at least 4 members (excludes halogenated alkanes) is 2. The van der Waals surface area contributed by atoms with Gasteiger partial charge in [-0.05, 0) is 42.9 Å². The summed E-state index contributed by atoms with van der Waals surface area (Å²) in [5, 5.41) is 6.90. The third-order valence-electron chi connectivity index (χ3n) is 5.56. The second-order valence-corrected chi connectivity index (χ2v) is 8.80. The first-order chi connectivity index (χ1) is 15.4. The molecule has 0 bridgehead atoms. The summed E-state index contributed by atoms with van der Waals surface area (Å²) in [6, 6.07) is 9.31. The van der Waals surface area contributed by atoms with Crippen molar-refractivity contribution in [2.75, 3.05) is 0 Å². The van der Waals surface area contributed by atoms with Crippen LogP contribution in [0.4, 0.5) is 0 Å². The third kappa shape index (κ3) is 9.16. The van der Waals surface area contributed by atoms with E-state index in [1.54, 1.807) is 6.20 Å². The average Bonchev–Trinajstić information content (AvgIpc) is 2.79. The van der Waals surface area contributed by atoms with Crippen LogP contribution in [0.5, 0.6) is 0 Å². The lowest BCUT2D eigenvalue weighted by atomic mass is 10.0. The van der Waals surface area contributed by atoms with Crippen LogP contribution in [0.25, 0.3) is 10.9 Å². The average molecular weight is 440 g/mol. The molecule has 6 nitrogen and oxygen atoms in total. The van der Waals surface area contributed by atoms with Crippen molar-refractivity contribution in [2.24, 2.45) is 5.92 Å². The summed E-state index contributed by atoms with van der Waals surface area (Å²) in [5.41, 5.74) is 1.83. The summed E-state index contributed by atoms with van der Waals surface area (Å²) in [5.74, 6) is 0.433. The molecule has 32 heavy (non-hydrogen) atoms. The summed E-state index contributed by atoms with van der Waals surface area (Å²) >= 11 is 0. The van der Waals surface area contributed by atoms with Gasteiger partial charge in [-0.2, -0.15) is 0 Å². The summed E-state index contributed by atoms with van der Waals surface area (Å²) < 4.78 is 0. The molecular weight excluding hydrogens is 402 g/mol. The van der Waals surface area contributed by atoms with E-state index in [1.165, 1.54) is 0 Å². The number of amides is 2. The monoisotopic (exact) mass is 439 g/mol. The molecule has 2 aromatic rings. The molecule has 0 saturated heterocycles. The highest BCUT2D eigenvalue weighted by Crippen LogP contribution is 2.13. The number of benzene rings is 1. The number of carbonyl (C=O) groups excluding carboxylic acids is 3. The van der Waals surface area contributed by atoms with E-state index < -0.39 is 6.04 Å². The van der Waals surface area contributed by atoms with Gasteiger partial charge in [0, 0.05) is 37.4 Å². The third-order valence-corrected chi connectivity index (χ3v) is 5.56. The Morgan fingerprint density at radius 3 is 2.53 bits per heavy atom. The fourth-order valence-corrected chi connectivity index (χ4v) is 3.50. The highest BCUT2D eigenvalue weighted by atomic mass is 16.2. The van der Waals surface area contributed by atoms with Crippen LogP contribution in [0.1, 0.15) is 77.7 Å². The Balaban J connectivity index is 1.91. The number of fused-ring (bicyclic) bond motifs is 1. The van der Waals surface area contributed by atoms with Crippen LogP contribution >= 0.6 is 0 Å². The Kier molecular flexibility index (Phi) is 10.8. The molecule has 174 valence electrons. The van der Waals surface area contributed by atoms with E-state index in [1.807, 2.05) is 37.3 Å². The van der Waals surface area contributed by atoms with Crippen LogP contribution < -0.4 is 10.6 Å². The molecule has 2 N–H and O–H groups in total. The molecule has 0 fully saturated rings. The normalized spacial score (nSPS) is 12.0. The molecule has 0 aliphatic heterocycles. The number of pyridine rings is 1. The van der Waals surface area contributed by atoms with Crippen molar-refractivity contribution in [3.63, 3.8) is 0 Å². The number of rotatable bonds is 14. The zero-order valence-corrected chi connectivity index (χ0v) is 19.7. The van der Waals surface area contributed by atoms with Gasteiger partial charge in [0.15, 0.2) is 0 Å². The first-order valence-corrected chi connectivity index (χ1v) is 11.8. The van der Waals surface area contributed by atoms with Gasteiger partial charge in [0.2, 0.25) is 11.8 Å². The molecule has 0 radical (unpaired) electrons. The van der Waals surface area contributed by atoms with Gasteiger partial charge in [0.05, 0.1) is 5.52 Å². The molecule has 0 aliphatic rings. The van der Waals surface area contributed by atoms with E-state index in [0.29, 0.717) is 38.1 Å². The quantitative estimate of drug-likeness (QED) is 0.418. The van der Waals surface area contributed by atoms with E-state index in [-0.39, 0.29) is 17.6 Å². The van der Waals surface area contributed by atoms with Gasteiger partial charge in [-0.15, -0.1) is 0 Å². The van der Waals surface area contributed by atoms with E-state index in [4.69, 9.17) is 0 Å². The zero-order valence-electron chi connectivity index (χ0n) is 19.7. The lowest BCUT2D eigenvalue weighted by Gasteiger charge is -2.19. The minimum Gasteiger partial charge on any atom is -0.350 e. The van der Waals surface area contributed by atoms with Crippen LogP contribution in [0.15, 0.2) is 36.5 Å². The molecule has 1 heterocycles. The molecule has 0 spiro atoms. The molecule has 2 rings (SSSR count). The zero-order chi connectivity index (χ0) is 23.3. The van der Waals surface area contributed by atoms with Crippen LogP contribution in [-0.4, -0.2) is 28.6 Å². The number of aromatic nitrogens is 1. The van der Waals surface area contributed by atoms with Crippen molar-refractivity contribution >= 4 is 28.5 Å². The smallest absolute Gasteiger partial charge is 0.242 e. The minimum absolute atomic E-state index is 0.0904. The van der Waals surface area contributed by atoms with Crippen molar-refractivity contribution in [1.29, 1.82) is 0 Å². The van der Waals surface area contributed by atoms with E-state index >= 15 is 0 Å². The SMILES string of the molecule is CCC(=O)CCCCC[C@H](NC(=O)CCC(C)C)C(=O)NCc1cnc2ccccc2c1. The van der Waals surface area contributed by atoms with Gasteiger partial charge >= 0.3 is 0 Å². The molecule has 1 atom stereocenters. The summed E-state index contributed by atoms with van der Waals surface area (Å²) in [6.07, 6.45) is 7.18. The molecule has 2 amide bonds. The van der Waals surface area contributed by atoms with Crippen LogP contribution in [0.2, 0.25) is 0 Å². The Morgan fingerprint density at radius 2 is 1.78 bits per heavy atom. The first-order valence-electron chi connectivity index (χ1n) is 11.8. The van der Waals surface area contributed by atoms with Gasteiger partial charge < -0.3 is 10.6 Å². The Bertz CT molecular complexity index is 895. The number of para-hydroxylation sites is 1. The maximum atomic E-state index is 12.9. The van der Waals surface area contributed by atoms with Crippen LogP contribution in [0.3, 0.4) is 0 Å². The lowest BCUT2D eigenvalue weighted by Crippen LogP contribution is -2.46. The number of ketones is 1. The second-order valence-electron chi connectivity index (χ2n) is 8.80. The molecule has 0 unspecified atom stereocenters. The van der Waals surface area contributed by atoms with Gasteiger partial charge in [-0.25, -0.2) is 0 Å². The Labute approximate surface area is 191 Å². The maximum absolute atomic E-state index is 12.9. The molecular formula is C26H37N3O3. The number of Topliss-reactive ketones (excluding diaryl/α,β-unsaturated/α-hetero) is 1. The first kappa shape index (κ1) is 25.5. The van der Waals surface area contributed by atoms with Gasteiger partial charge in [0.1, 0.15) is 11.8 Å². The highest BCUT2D eigenvalue weighted by molar-refractivity contribution is 5.87. The fourth-order valence-electron chi connectivity index (χ4n) is 3.50. The molecule has 0 aliphatic carbocycles. The summed E-state index contributed by atoms with van der Waals surface area (Å²) in [4.78, 5) is 41.1. The largest absolute Gasteiger partial charge is 0.350 e. The standard InChI is InChI=1S/C26H37N3O3/c1-4-22(30)11-6-5-7-13-24(29-25(31)15-14-19(2)3)26(32)28-18-20-16-21-10-8-9-12-23(21)27-17-20/h8-10,12,16-17,19,24H,4-7,11,13-15,18H2,1-3H3,(H,28,32)(H,29,31)/t24-/m0/s1. The van der Waals surface area contributed by atoms with Crippen molar-refractivity contribution < 1.29 is 14.4 Å². The highest BCUT2D eigenvalue weighted by Gasteiger charge is 2.20. The number of hydrogen-bond donors (Lipinski definition) is 2. The van der Waals surface area contributed by atoms with Gasteiger partial charge in [0.25, 0.3) is 0 Å². The van der Waals surface area contributed by atoms with E-state index in [0.717, 1.165) is 42.1 Å². The number of nitrogens with one attached hydrogen (secondary N) is 2. The maximum Gasteiger partial charge on any atom is 0.242 e. The van der Waals surface area contributed by atoms with E-state index in [2.05, 4.69) is 29.5 Å². The summed E-state index contributed by atoms with van der Waals surface area (Å²) in [7, 11) is 0. The lowest BCUT2D eigenvalue weighted by molar-refractivity contribution is -0.129. The number of hydrogen-bond acceptors (Lipinski definition) is 4. The second kappa shape index (κ2) is 13.6.